The number of furan rings is 1. The monoisotopic (exact) mass is 396 g/mol. The van der Waals surface area contributed by atoms with Crippen LogP contribution in [0.4, 0.5) is 5.82 Å². The molecule has 0 radical (unpaired) electrons. The first kappa shape index (κ1) is 17.0. The maximum atomic E-state index is 12.9. The first-order valence-corrected chi connectivity index (χ1v) is 9.37. The van der Waals surface area contributed by atoms with E-state index in [9.17, 15) is 4.79 Å². The summed E-state index contributed by atoms with van der Waals surface area (Å²) in [6.45, 7) is 4.50. The Morgan fingerprint density at radius 1 is 1.14 bits per heavy atom. The third kappa shape index (κ3) is 2.86. The molecule has 4 aromatic rings. The number of aryl methyl sites for hydroxylation is 1. The van der Waals surface area contributed by atoms with Crippen LogP contribution in [0.5, 0.6) is 0 Å². The first-order valence-electron chi connectivity index (χ1n) is 8.99. The normalized spacial score (nSPS) is 14.9. The highest BCUT2D eigenvalue weighted by molar-refractivity contribution is 6.31. The van der Waals surface area contributed by atoms with Gasteiger partial charge in [0.05, 0.1) is 0 Å². The number of carbonyl (C=O) groups excluding carboxylic acids is 1. The van der Waals surface area contributed by atoms with Crippen molar-refractivity contribution in [3.8, 4) is 0 Å². The molecule has 1 saturated heterocycles. The molecule has 0 unspecified atom stereocenters. The number of rotatable bonds is 2. The van der Waals surface area contributed by atoms with Gasteiger partial charge in [-0.05, 0) is 31.2 Å². The number of carbonyl (C=O) groups is 1. The Morgan fingerprint density at radius 2 is 1.96 bits per heavy atom. The van der Waals surface area contributed by atoms with Crippen molar-refractivity contribution in [2.45, 2.75) is 6.92 Å². The van der Waals surface area contributed by atoms with E-state index < -0.39 is 0 Å². The van der Waals surface area contributed by atoms with Gasteiger partial charge in [0.2, 0.25) is 0 Å². The highest BCUT2D eigenvalue weighted by Crippen LogP contribution is 2.25. The van der Waals surface area contributed by atoms with Crippen molar-refractivity contribution >= 4 is 40.1 Å². The molecule has 28 heavy (non-hydrogen) atoms. The summed E-state index contributed by atoms with van der Waals surface area (Å²) in [5, 5.41) is 5.71. The number of amides is 1. The van der Waals surface area contributed by atoms with E-state index in [4.69, 9.17) is 16.0 Å². The molecule has 142 valence electrons. The van der Waals surface area contributed by atoms with Gasteiger partial charge >= 0.3 is 0 Å². The molecule has 0 bridgehead atoms. The summed E-state index contributed by atoms with van der Waals surface area (Å²) in [4.78, 5) is 25.4. The number of hydrogen-bond donors (Lipinski definition) is 0. The SMILES string of the molecule is Cc1cc(N2CCN(C(=O)c3cc4cc(Cl)ccc4o3)CC2)n2ncnc2n1. The summed E-state index contributed by atoms with van der Waals surface area (Å²) in [7, 11) is 0. The topological polar surface area (TPSA) is 79.8 Å². The van der Waals surface area contributed by atoms with Crippen LogP contribution in [0.3, 0.4) is 0 Å². The van der Waals surface area contributed by atoms with Gasteiger partial charge < -0.3 is 14.2 Å². The van der Waals surface area contributed by atoms with Crippen LogP contribution in [0.25, 0.3) is 16.7 Å². The Hall–Kier alpha value is -3.13. The number of anilines is 1. The van der Waals surface area contributed by atoms with Gasteiger partial charge in [-0.25, -0.2) is 4.98 Å². The van der Waals surface area contributed by atoms with E-state index in [1.165, 1.54) is 6.33 Å². The Labute approximate surface area is 165 Å². The van der Waals surface area contributed by atoms with Gasteiger partial charge in [0.25, 0.3) is 11.7 Å². The molecule has 1 fully saturated rings. The predicted octanol–water partition coefficient (Wildman–Crippen LogP) is 2.79. The van der Waals surface area contributed by atoms with Gasteiger partial charge in [-0.2, -0.15) is 14.6 Å². The quantitative estimate of drug-likeness (QED) is 0.518. The van der Waals surface area contributed by atoms with Crippen molar-refractivity contribution in [3.05, 3.63) is 53.1 Å². The van der Waals surface area contributed by atoms with Crippen LogP contribution in [0.15, 0.2) is 41.1 Å². The van der Waals surface area contributed by atoms with Crippen molar-refractivity contribution in [2.24, 2.45) is 0 Å². The van der Waals surface area contributed by atoms with Gasteiger partial charge in [0.15, 0.2) is 5.76 Å². The van der Waals surface area contributed by atoms with Gasteiger partial charge in [-0.1, -0.05) is 11.6 Å². The van der Waals surface area contributed by atoms with Crippen molar-refractivity contribution in [3.63, 3.8) is 0 Å². The molecule has 8 nitrogen and oxygen atoms in total. The van der Waals surface area contributed by atoms with Crippen LogP contribution in [0.1, 0.15) is 16.2 Å². The largest absolute Gasteiger partial charge is 0.451 e. The van der Waals surface area contributed by atoms with E-state index >= 15 is 0 Å². The van der Waals surface area contributed by atoms with E-state index in [1.807, 2.05) is 17.9 Å². The summed E-state index contributed by atoms with van der Waals surface area (Å²) in [6.07, 6.45) is 1.50. The third-order valence-corrected chi connectivity index (χ3v) is 5.18. The average molecular weight is 397 g/mol. The lowest BCUT2D eigenvalue weighted by Gasteiger charge is -2.35. The zero-order chi connectivity index (χ0) is 19.3. The highest BCUT2D eigenvalue weighted by atomic mass is 35.5. The lowest BCUT2D eigenvalue weighted by molar-refractivity contribution is 0.0716. The molecule has 9 heteroatoms. The lowest BCUT2D eigenvalue weighted by atomic mass is 10.2. The molecule has 0 saturated carbocycles. The number of hydrogen-bond acceptors (Lipinski definition) is 6. The number of halogens is 1. The second-order valence-electron chi connectivity index (χ2n) is 6.80. The summed E-state index contributed by atoms with van der Waals surface area (Å²) >= 11 is 6.02. The van der Waals surface area contributed by atoms with Gasteiger partial charge in [0.1, 0.15) is 17.7 Å². The number of aromatic nitrogens is 4. The molecule has 1 aliphatic heterocycles. The number of benzene rings is 1. The molecule has 0 aliphatic carbocycles. The molecule has 0 N–H and O–H groups in total. The van der Waals surface area contributed by atoms with Crippen LogP contribution in [0.2, 0.25) is 5.02 Å². The fraction of sp³-hybridized carbons (Fsp3) is 0.263. The molecule has 1 aliphatic rings. The van der Waals surface area contributed by atoms with E-state index in [0.29, 0.717) is 48.3 Å². The van der Waals surface area contributed by atoms with Crippen LogP contribution >= 0.6 is 11.6 Å². The molecule has 0 atom stereocenters. The Balaban J connectivity index is 1.34. The summed E-state index contributed by atoms with van der Waals surface area (Å²) in [5.74, 6) is 1.74. The maximum Gasteiger partial charge on any atom is 0.289 e. The standard InChI is InChI=1S/C19H17ClN6O2/c1-12-8-17(26-19(23-12)21-11-22-26)24-4-6-25(7-5-24)18(27)16-10-13-9-14(20)2-3-15(13)28-16/h2-3,8-11H,4-7H2,1H3. The highest BCUT2D eigenvalue weighted by Gasteiger charge is 2.26. The van der Waals surface area contributed by atoms with Crippen LogP contribution in [-0.4, -0.2) is 56.6 Å². The van der Waals surface area contributed by atoms with Crippen LogP contribution in [0, 0.1) is 6.92 Å². The van der Waals surface area contributed by atoms with Gasteiger partial charge in [-0.3, -0.25) is 4.79 Å². The van der Waals surface area contributed by atoms with Crippen LogP contribution < -0.4 is 4.90 Å². The molecule has 4 heterocycles. The molecule has 5 rings (SSSR count). The minimum Gasteiger partial charge on any atom is -0.451 e. The zero-order valence-electron chi connectivity index (χ0n) is 15.2. The van der Waals surface area contributed by atoms with Crippen LogP contribution in [-0.2, 0) is 0 Å². The first-order chi connectivity index (χ1) is 13.6. The minimum atomic E-state index is -0.108. The molecular weight excluding hydrogens is 380 g/mol. The smallest absolute Gasteiger partial charge is 0.289 e. The third-order valence-electron chi connectivity index (χ3n) is 4.94. The van der Waals surface area contributed by atoms with Gasteiger partial charge in [-0.15, -0.1) is 0 Å². The number of nitrogens with zero attached hydrogens (tertiary/aromatic N) is 6. The lowest BCUT2D eigenvalue weighted by Crippen LogP contribution is -2.49. The molecule has 1 amide bonds. The Morgan fingerprint density at radius 3 is 2.79 bits per heavy atom. The van der Waals surface area contributed by atoms with Crippen molar-refractivity contribution in [1.82, 2.24) is 24.5 Å². The van der Waals surface area contributed by atoms with E-state index in [0.717, 1.165) is 16.9 Å². The fourth-order valence-corrected chi connectivity index (χ4v) is 3.73. The second kappa shape index (κ2) is 6.49. The zero-order valence-corrected chi connectivity index (χ0v) is 15.9. The summed E-state index contributed by atoms with van der Waals surface area (Å²) < 4.78 is 7.45. The Kier molecular flexibility index (Phi) is 3.94. The van der Waals surface area contributed by atoms with Crippen molar-refractivity contribution in [2.75, 3.05) is 31.1 Å². The number of piperazine rings is 1. The molecule has 3 aromatic heterocycles. The Bertz CT molecular complexity index is 1190. The maximum absolute atomic E-state index is 12.9. The molecule has 1 aromatic carbocycles. The van der Waals surface area contributed by atoms with E-state index in [-0.39, 0.29) is 5.91 Å². The minimum absolute atomic E-state index is 0.108. The molecule has 0 spiro atoms. The fourth-order valence-electron chi connectivity index (χ4n) is 3.55. The average Bonchev–Trinajstić information content (AvgIpc) is 3.33. The second-order valence-corrected chi connectivity index (χ2v) is 7.24. The predicted molar refractivity (Wildman–Crippen MR) is 105 cm³/mol. The van der Waals surface area contributed by atoms with E-state index in [1.54, 1.807) is 28.8 Å². The summed E-state index contributed by atoms with van der Waals surface area (Å²) in [5.41, 5.74) is 1.54. The van der Waals surface area contributed by atoms with Crippen molar-refractivity contribution < 1.29 is 9.21 Å². The van der Waals surface area contributed by atoms with Crippen molar-refractivity contribution in [1.29, 1.82) is 0 Å². The molecular formula is C19H17ClN6O2. The van der Waals surface area contributed by atoms with E-state index in [2.05, 4.69) is 20.0 Å². The van der Waals surface area contributed by atoms with Gasteiger partial charge in [0, 0.05) is 48.3 Å². The number of fused-ring (bicyclic) bond motifs is 2. The summed E-state index contributed by atoms with van der Waals surface area (Å²) in [6, 6.07) is 9.07.